The summed E-state index contributed by atoms with van der Waals surface area (Å²) in [6.07, 6.45) is 5.21. The lowest BCUT2D eigenvalue weighted by atomic mass is 9.89. The Kier molecular flexibility index (Phi) is 11.4. The van der Waals surface area contributed by atoms with Crippen LogP contribution in [0.2, 0.25) is 5.02 Å². The lowest BCUT2D eigenvalue weighted by molar-refractivity contribution is 0.0604. The first-order valence-electron chi connectivity index (χ1n) is 12.9. The molecule has 0 radical (unpaired) electrons. The van der Waals surface area contributed by atoms with Gasteiger partial charge in [-0.15, -0.1) is 36.2 Å². The Labute approximate surface area is 260 Å². The molecule has 1 amide bonds. The number of nitrogens with zero attached hydrogens (tertiary/aromatic N) is 2. The Morgan fingerprint density at radius 2 is 1.76 bits per heavy atom. The predicted molar refractivity (Wildman–Crippen MR) is 167 cm³/mol. The van der Waals surface area contributed by atoms with Crippen molar-refractivity contribution in [1.29, 1.82) is 0 Å². The van der Waals surface area contributed by atoms with Gasteiger partial charge in [0.05, 0.1) is 22.2 Å². The maximum Gasteiger partial charge on any atom is 0.266 e. The van der Waals surface area contributed by atoms with E-state index in [0.29, 0.717) is 11.8 Å². The highest BCUT2D eigenvalue weighted by molar-refractivity contribution is 7.21. The first kappa shape index (κ1) is 33.0. The maximum absolute atomic E-state index is 14.6. The summed E-state index contributed by atoms with van der Waals surface area (Å²) in [4.78, 5) is 20.4. The van der Waals surface area contributed by atoms with Gasteiger partial charge in [0.25, 0.3) is 5.91 Å². The number of hydrogen-bond donors (Lipinski definition) is 1. The van der Waals surface area contributed by atoms with E-state index in [-0.39, 0.29) is 63.3 Å². The number of aryl methyl sites for hydroxylation is 1. The number of aromatic nitrogens is 1. The van der Waals surface area contributed by atoms with Crippen molar-refractivity contribution in [2.24, 2.45) is 0 Å². The van der Waals surface area contributed by atoms with Crippen LogP contribution in [-0.4, -0.2) is 42.0 Å². The van der Waals surface area contributed by atoms with Gasteiger partial charge in [-0.1, -0.05) is 17.7 Å². The monoisotopic (exact) mass is 641 g/mol. The van der Waals surface area contributed by atoms with Crippen LogP contribution in [0.4, 0.5) is 8.78 Å². The molecule has 1 aliphatic rings. The minimum atomic E-state index is -0.644. The highest BCUT2D eigenvalue weighted by Gasteiger charge is 2.33. The fourth-order valence-corrected chi connectivity index (χ4v) is 6.90. The molecule has 1 aliphatic carbocycles. The molecule has 1 saturated carbocycles. The third kappa shape index (κ3) is 6.78. The second kappa shape index (κ2) is 14.1. The van der Waals surface area contributed by atoms with Gasteiger partial charge >= 0.3 is 0 Å². The number of methoxy groups -OCH3 is 1. The summed E-state index contributed by atoms with van der Waals surface area (Å²) in [5.41, 5.74) is 3.73. The van der Waals surface area contributed by atoms with Crippen molar-refractivity contribution in [2.45, 2.75) is 51.2 Å². The van der Waals surface area contributed by atoms with Crippen LogP contribution in [0.1, 0.15) is 46.6 Å². The van der Waals surface area contributed by atoms with Crippen molar-refractivity contribution < 1.29 is 18.3 Å². The van der Waals surface area contributed by atoms with Gasteiger partial charge in [0, 0.05) is 36.1 Å². The minimum absolute atomic E-state index is 0. The molecule has 2 heterocycles. The van der Waals surface area contributed by atoms with Crippen molar-refractivity contribution >= 4 is 63.7 Å². The molecular weight excluding hydrogens is 611 g/mol. The van der Waals surface area contributed by atoms with E-state index < -0.39 is 11.6 Å². The number of fused-ring (bicyclic) bond motifs is 1. The van der Waals surface area contributed by atoms with E-state index in [4.69, 9.17) is 16.3 Å². The topological polar surface area (TPSA) is 54.5 Å². The summed E-state index contributed by atoms with van der Waals surface area (Å²) in [7, 11) is 3.55. The number of rotatable bonds is 7. The number of carbonyl (C=O) groups is 1. The SMILES string of the molecule is CNC1CCC(N(Cc2cc(-c3ccnc(C)c3)ccc2OC)C(=O)c2sc3c(F)ccc(F)c3c2Cl)CC1.Cl.Cl. The summed E-state index contributed by atoms with van der Waals surface area (Å²) in [5, 5.41) is 3.24. The molecule has 0 bridgehead atoms. The van der Waals surface area contributed by atoms with Crippen LogP contribution < -0.4 is 10.1 Å². The molecule has 5 nitrogen and oxygen atoms in total. The highest BCUT2D eigenvalue weighted by atomic mass is 35.5. The molecular formula is C30H32Cl3F2N3O2S. The maximum atomic E-state index is 14.6. The van der Waals surface area contributed by atoms with Crippen molar-refractivity contribution in [3.63, 3.8) is 0 Å². The van der Waals surface area contributed by atoms with Crippen LogP contribution in [-0.2, 0) is 6.54 Å². The van der Waals surface area contributed by atoms with E-state index in [1.54, 1.807) is 18.2 Å². The molecule has 41 heavy (non-hydrogen) atoms. The fraction of sp³-hybridized carbons (Fsp3) is 0.333. The summed E-state index contributed by atoms with van der Waals surface area (Å²) < 4.78 is 34.9. The number of carbonyl (C=O) groups excluding carboxylic acids is 1. The lowest BCUT2D eigenvalue weighted by Crippen LogP contribution is -2.44. The first-order chi connectivity index (χ1) is 18.8. The fourth-order valence-electron chi connectivity index (χ4n) is 5.40. The van der Waals surface area contributed by atoms with E-state index >= 15 is 0 Å². The largest absolute Gasteiger partial charge is 0.496 e. The van der Waals surface area contributed by atoms with Gasteiger partial charge in [0.15, 0.2) is 0 Å². The van der Waals surface area contributed by atoms with E-state index in [0.717, 1.165) is 71.5 Å². The van der Waals surface area contributed by atoms with Gasteiger partial charge < -0.3 is 15.0 Å². The Hall–Kier alpha value is -2.49. The van der Waals surface area contributed by atoms with Crippen LogP contribution in [0, 0.1) is 18.6 Å². The van der Waals surface area contributed by atoms with Gasteiger partial charge in [0.1, 0.15) is 22.3 Å². The highest BCUT2D eigenvalue weighted by Crippen LogP contribution is 2.40. The summed E-state index contributed by atoms with van der Waals surface area (Å²) >= 11 is 7.46. The molecule has 0 spiro atoms. The van der Waals surface area contributed by atoms with Crippen molar-refractivity contribution in [3.8, 4) is 16.9 Å². The number of nitrogens with one attached hydrogen (secondary N) is 1. The molecule has 5 rings (SSSR count). The molecule has 2 aromatic carbocycles. The standard InChI is InChI=1S/C30H30ClF2N3O2S.2ClH/c1-17-14-19(12-13-35-17)18-4-11-25(38-3)20(15-18)16-36(22-7-5-21(34-2)6-8-22)30(37)29-27(31)26-23(32)9-10-24(33)28(26)39-29;;/h4,9-15,21-22,34H,5-8,16H2,1-3H3;2*1H. The van der Waals surface area contributed by atoms with Crippen molar-refractivity contribution in [2.75, 3.05) is 14.2 Å². The number of hydrogen-bond acceptors (Lipinski definition) is 5. The zero-order chi connectivity index (χ0) is 27.7. The average Bonchev–Trinajstić information content (AvgIpc) is 3.31. The Morgan fingerprint density at radius 3 is 2.39 bits per heavy atom. The van der Waals surface area contributed by atoms with Gasteiger partial charge in [-0.05, 0) is 87.2 Å². The average molecular weight is 643 g/mol. The molecule has 0 atom stereocenters. The summed E-state index contributed by atoms with van der Waals surface area (Å²) in [5.74, 6) is -0.916. The zero-order valence-electron chi connectivity index (χ0n) is 22.9. The molecule has 4 aromatic rings. The van der Waals surface area contributed by atoms with Crippen LogP contribution in [0.15, 0.2) is 48.7 Å². The Morgan fingerprint density at radius 1 is 1.07 bits per heavy atom. The van der Waals surface area contributed by atoms with Crippen molar-refractivity contribution in [3.05, 3.63) is 81.5 Å². The molecule has 220 valence electrons. The number of benzene rings is 2. The second-order valence-electron chi connectivity index (χ2n) is 9.92. The van der Waals surface area contributed by atoms with Crippen LogP contribution in [0.25, 0.3) is 21.2 Å². The van der Waals surface area contributed by atoms with Crippen LogP contribution >= 0.6 is 47.8 Å². The predicted octanol–water partition coefficient (Wildman–Crippen LogP) is 8.23. The van der Waals surface area contributed by atoms with Gasteiger partial charge in [-0.3, -0.25) is 9.78 Å². The zero-order valence-corrected chi connectivity index (χ0v) is 26.1. The second-order valence-corrected chi connectivity index (χ2v) is 11.3. The number of ether oxygens (including phenoxy) is 1. The van der Waals surface area contributed by atoms with E-state index in [1.165, 1.54) is 0 Å². The minimum Gasteiger partial charge on any atom is -0.496 e. The molecule has 0 saturated heterocycles. The number of thiophene rings is 1. The van der Waals surface area contributed by atoms with Crippen molar-refractivity contribution in [1.82, 2.24) is 15.2 Å². The molecule has 0 unspecified atom stereocenters. The molecule has 0 aliphatic heterocycles. The van der Waals surface area contributed by atoms with Crippen LogP contribution in [0.5, 0.6) is 5.75 Å². The smallest absolute Gasteiger partial charge is 0.266 e. The van der Waals surface area contributed by atoms with E-state index in [1.807, 2.05) is 44.3 Å². The van der Waals surface area contributed by atoms with E-state index in [2.05, 4.69) is 10.3 Å². The van der Waals surface area contributed by atoms with Gasteiger partial charge in [-0.25, -0.2) is 8.78 Å². The third-order valence-corrected chi connectivity index (χ3v) is 9.21. The lowest BCUT2D eigenvalue weighted by Gasteiger charge is -2.37. The summed E-state index contributed by atoms with van der Waals surface area (Å²) in [6, 6.07) is 12.3. The number of pyridine rings is 1. The van der Waals surface area contributed by atoms with Gasteiger partial charge in [-0.2, -0.15) is 0 Å². The summed E-state index contributed by atoms with van der Waals surface area (Å²) in [6.45, 7) is 2.21. The van der Waals surface area contributed by atoms with Gasteiger partial charge in [0.2, 0.25) is 0 Å². The molecule has 1 fully saturated rings. The Bertz CT molecular complexity index is 1530. The Balaban J connectivity index is 0.00000231. The van der Waals surface area contributed by atoms with Crippen LogP contribution in [0.3, 0.4) is 0 Å². The molecule has 11 heteroatoms. The quantitative estimate of drug-likeness (QED) is 0.221. The normalized spacial score (nSPS) is 16.5. The van der Waals surface area contributed by atoms with E-state index in [9.17, 15) is 13.6 Å². The number of halogens is 5. The third-order valence-electron chi connectivity index (χ3n) is 7.53. The molecule has 2 aromatic heterocycles. The molecule has 1 N–H and O–H groups in total. The number of amides is 1. The first-order valence-corrected chi connectivity index (χ1v) is 14.1.